The van der Waals surface area contributed by atoms with Gasteiger partial charge in [-0.1, -0.05) is 6.07 Å². The van der Waals surface area contributed by atoms with Gasteiger partial charge < -0.3 is 29.4 Å². The Hall–Kier alpha value is -3.71. The summed E-state index contributed by atoms with van der Waals surface area (Å²) >= 11 is 0. The molecule has 0 spiro atoms. The zero-order valence-corrected chi connectivity index (χ0v) is 25.9. The van der Waals surface area contributed by atoms with E-state index in [1.54, 1.807) is 6.20 Å². The van der Waals surface area contributed by atoms with Crippen molar-refractivity contribution in [3.63, 3.8) is 0 Å². The normalized spacial score (nSPS) is 19.9. The third-order valence-corrected chi connectivity index (χ3v) is 9.39. The Morgan fingerprint density at radius 1 is 1.05 bits per heavy atom. The fourth-order valence-corrected chi connectivity index (χ4v) is 6.74. The molecule has 0 radical (unpaired) electrons. The molecule has 12 nitrogen and oxygen atoms in total. The van der Waals surface area contributed by atoms with Crippen LogP contribution in [0.1, 0.15) is 57.8 Å². The summed E-state index contributed by atoms with van der Waals surface area (Å²) in [6.45, 7) is 2.08. The van der Waals surface area contributed by atoms with Crippen LogP contribution in [0.4, 0.5) is 5.95 Å². The highest BCUT2D eigenvalue weighted by molar-refractivity contribution is 7.90. The summed E-state index contributed by atoms with van der Waals surface area (Å²) in [6.07, 6.45) is 10.7. The van der Waals surface area contributed by atoms with E-state index in [-0.39, 0.29) is 30.7 Å². The first-order chi connectivity index (χ1) is 21.1. The Balaban J connectivity index is 1.11. The van der Waals surface area contributed by atoms with Gasteiger partial charge in [-0.15, -0.1) is 0 Å². The van der Waals surface area contributed by atoms with Crippen LogP contribution < -0.4 is 10.1 Å². The molecule has 1 saturated carbocycles. The van der Waals surface area contributed by atoms with Gasteiger partial charge in [-0.05, 0) is 69.2 Å². The van der Waals surface area contributed by atoms with E-state index in [0.717, 1.165) is 68.3 Å². The Kier molecular flexibility index (Phi) is 10.4. The first kappa shape index (κ1) is 31.7. The number of benzene rings is 1. The number of hydrogen-bond acceptors (Lipinski definition) is 10. The minimum atomic E-state index is -3.02. The third-order valence-electron chi connectivity index (χ3n) is 8.36. The molecule has 238 valence electrons. The van der Waals surface area contributed by atoms with Crippen molar-refractivity contribution in [2.75, 3.05) is 37.0 Å². The van der Waals surface area contributed by atoms with Gasteiger partial charge in [0.1, 0.15) is 27.5 Å². The number of nitrogens with one attached hydrogen (secondary N) is 1. The summed E-state index contributed by atoms with van der Waals surface area (Å²) in [7, 11) is -3.02. The monoisotopic (exact) mass is 627 g/mol. The van der Waals surface area contributed by atoms with Crippen molar-refractivity contribution < 1.29 is 32.6 Å². The topological polar surface area (TPSA) is 153 Å². The molecule has 5 rings (SSSR count). The number of piperidine rings is 1. The number of sulfone groups is 1. The highest BCUT2D eigenvalue weighted by Gasteiger charge is 2.30. The predicted octanol–water partition coefficient (Wildman–Crippen LogP) is 3.83. The van der Waals surface area contributed by atoms with Crippen LogP contribution in [0.25, 0.3) is 16.7 Å². The molecule has 3 heterocycles. The molecule has 1 aliphatic carbocycles. The Labute approximate surface area is 257 Å². The van der Waals surface area contributed by atoms with Gasteiger partial charge in [0.2, 0.25) is 5.95 Å². The average molecular weight is 628 g/mol. The van der Waals surface area contributed by atoms with Crippen LogP contribution in [0.3, 0.4) is 0 Å². The summed E-state index contributed by atoms with van der Waals surface area (Å²) in [6, 6.07) is 10.4. The van der Waals surface area contributed by atoms with E-state index >= 15 is 0 Å². The second-order valence-electron chi connectivity index (χ2n) is 11.7. The summed E-state index contributed by atoms with van der Waals surface area (Å²) in [5.74, 6) is 0.723. The molecule has 0 unspecified atom stereocenters. The second-order valence-corrected chi connectivity index (χ2v) is 14.0. The number of carbonyl (C=O) groups excluding carboxylic acids is 1. The van der Waals surface area contributed by atoms with Crippen LogP contribution in [0, 0.1) is 0 Å². The van der Waals surface area contributed by atoms with Crippen LogP contribution in [0.2, 0.25) is 0 Å². The molecule has 1 aromatic carbocycles. The number of rotatable bonds is 13. The van der Waals surface area contributed by atoms with Gasteiger partial charge in [-0.3, -0.25) is 9.59 Å². The summed E-state index contributed by atoms with van der Waals surface area (Å²) in [5, 5.41) is 13.2. The lowest BCUT2D eigenvalue weighted by Gasteiger charge is -2.40. The van der Waals surface area contributed by atoms with Gasteiger partial charge in [0.05, 0.1) is 30.7 Å². The Bertz CT molecular complexity index is 1540. The Morgan fingerprint density at radius 2 is 1.82 bits per heavy atom. The Morgan fingerprint density at radius 3 is 2.55 bits per heavy atom. The lowest BCUT2D eigenvalue weighted by atomic mass is 9.89. The molecule has 2 fully saturated rings. The minimum Gasteiger partial charge on any atom is -0.493 e. The number of carboxylic acid groups (broad SMARTS) is 1. The van der Waals surface area contributed by atoms with E-state index in [1.807, 2.05) is 41.1 Å². The molecule has 0 bridgehead atoms. The number of esters is 1. The second kappa shape index (κ2) is 14.4. The van der Waals surface area contributed by atoms with E-state index in [1.165, 1.54) is 6.26 Å². The molecule has 3 aromatic rings. The van der Waals surface area contributed by atoms with Crippen molar-refractivity contribution >= 4 is 38.6 Å². The fourth-order valence-electron chi connectivity index (χ4n) is 6.10. The lowest BCUT2D eigenvalue weighted by molar-refractivity contribution is -0.154. The molecule has 0 amide bonds. The SMILES string of the molecule is CS(=O)(=O)CCCOc1cccc2c1ccn2-c1ccnc(NC2CCC(N3CCC(OC(=O)CCC(=O)O)CC3)CC2)n1. The van der Waals surface area contributed by atoms with Crippen LogP contribution in [-0.2, 0) is 24.2 Å². The van der Waals surface area contributed by atoms with Crippen LogP contribution in [-0.4, -0.2) is 94.8 Å². The molecule has 2 aliphatic rings. The number of aliphatic carboxylic acids is 1. The summed E-state index contributed by atoms with van der Waals surface area (Å²) < 4.78 is 36.2. The van der Waals surface area contributed by atoms with E-state index in [2.05, 4.69) is 15.2 Å². The third kappa shape index (κ3) is 8.69. The number of ether oxygens (including phenoxy) is 2. The smallest absolute Gasteiger partial charge is 0.306 e. The molecular weight excluding hydrogens is 586 g/mol. The number of aromatic nitrogens is 3. The van der Waals surface area contributed by atoms with Crippen molar-refractivity contribution in [1.29, 1.82) is 0 Å². The zero-order valence-electron chi connectivity index (χ0n) is 25.1. The van der Waals surface area contributed by atoms with Crippen LogP contribution >= 0.6 is 0 Å². The van der Waals surface area contributed by atoms with Gasteiger partial charge in [-0.2, -0.15) is 4.98 Å². The number of anilines is 1. The first-order valence-electron chi connectivity index (χ1n) is 15.3. The van der Waals surface area contributed by atoms with Crippen LogP contribution in [0.5, 0.6) is 5.75 Å². The molecule has 2 aromatic heterocycles. The standard InChI is InChI=1S/C31H41N5O7S/c1-44(40,41)21-3-20-42-27-5-2-4-26-25(27)15-19-36(26)28-12-16-32-31(34-28)33-22-6-8-23(9-7-22)35-17-13-24(14-18-35)43-30(39)11-10-29(37)38/h2,4-5,12,15-16,19,22-24H,3,6-11,13-14,17-18,20-21H2,1H3,(H,37,38)(H,32,33,34). The molecule has 13 heteroatoms. The minimum absolute atomic E-state index is 0.0758. The molecular formula is C31H41N5O7S. The van der Waals surface area contributed by atoms with Crippen molar-refractivity contribution in [3.8, 4) is 11.6 Å². The van der Waals surface area contributed by atoms with E-state index in [9.17, 15) is 18.0 Å². The van der Waals surface area contributed by atoms with Crippen molar-refractivity contribution in [2.45, 2.75) is 76.0 Å². The zero-order chi connectivity index (χ0) is 31.1. The van der Waals surface area contributed by atoms with Crippen molar-refractivity contribution in [2.24, 2.45) is 0 Å². The number of carboxylic acids is 1. The molecule has 0 atom stereocenters. The summed E-state index contributed by atoms with van der Waals surface area (Å²) in [5.41, 5.74) is 0.939. The van der Waals surface area contributed by atoms with Gasteiger partial charge in [-0.25, -0.2) is 13.4 Å². The number of likely N-dealkylation sites (tertiary alicyclic amines) is 1. The van der Waals surface area contributed by atoms with Gasteiger partial charge >= 0.3 is 11.9 Å². The number of carbonyl (C=O) groups is 2. The van der Waals surface area contributed by atoms with Gasteiger partial charge in [0.25, 0.3) is 0 Å². The van der Waals surface area contributed by atoms with E-state index < -0.39 is 21.8 Å². The first-order valence-corrected chi connectivity index (χ1v) is 17.4. The largest absolute Gasteiger partial charge is 0.493 e. The van der Waals surface area contributed by atoms with Gasteiger partial charge in [0.15, 0.2) is 0 Å². The summed E-state index contributed by atoms with van der Waals surface area (Å²) in [4.78, 5) is 34.3. The van der Waals surface area contributed by atoms with Crippen molar-refractivity contribution in [1.82, 2.24) is 19.4 Å². The van der Waals surface area contributed by atoms with Crippen molar-refractivity contribution in [3.05, 3.63) is 42.7 Å². The maximum Gasteiger partial charge on any atom is 0.306 e. The van der Waals surface area contributed by atoms with Gasteiger partial charge in [0, 0.05) is 49.2 Å². The fraction of sp³-hybridized carbons (Fsp3) is 0.548. The lowest BCUT2D eigenvalue weighted by Crippen LogP contribution is -2.46. The maximum absolute atomic E-state index is 11.9. The molecule has 1 saturated heterocycles. The highest BCUT2D eigenvalue weighted by Crippen LogP contribution is 2.30. The molecule has 1 aliphatic heterocycles. The molecule has 2 N–H and O–H groups in total. The molecule has 44 heavy (non-hydrogen) atoms. The number of hydrogen-bond donors (Lipinski definition) is 2. The predicted molar refractivity (Wildman–Crippen MR) is 166 cm³/mol. The number of fused-ring (bicyclic) bond motifs is 1. The van der Waals surface area contributed by atoms with E-state index in [0.29, 0.717) is 30.8 Å². The van der Waals surface area contributed by atoms with Crippen LogP contribution in [0.15, 0.2) is 42.7 Å². The average Bonchev–Trinajstić information content (AvgIpc) is 3.44. The quantitative estimate of drug-likeness (QED) is 0.210. The maximum atomic E-state index is 11.9. The number of nitrogens with zero attached hydrogens (tertiary/aromatic N) is 4. The highest BCUT2D eigenvalue weighted by atomic mass is 32.2. The van der Waals surface area contributed by atoms with E-state index in [4.69, 9.17) is 19.6 Å².